The van der Waals surface area contributed by atoms with Crippen molar-refractivity contribution in [1.29, 1.82) is 0 Å². The fraction of sp³-hybridized carbons (Fsp3) is 0.348. The van der Waals surface area contributed by atoms with Gasteiger partial charge in [0.15, 0.2) is 0 Å². The predicted octanol–water partition coefficient (Wildman–Crippen LogP) is 3.14. The van der Waals surface area contributed by atoms with E-state index >= 15 is 0 Å². The third-order valence-corrected chi connectivity index (χ3v) is 6.05. The third kappa shape index (κ3) is 5.45. The monoisotopic (exact) mass is 477 g/mol. The highest BCUT2D eigenvalue weighted by Gasteiger charge is 2.17. The number of amides is 1. The minimum absolute atomic E-state index is 0.0650. The number of carbonyl (C=O) groups excluding carboxylic acids is 1. The largest absolute Gasteiger partial charge is 0.352 e. The number of carbonyl (C=O) groups is 1. The summed E-state index contributed by atoms with van der Waals surface area (Å²) in [5.41, 5.74) is 2.67. The minimum Gasteiger partial charge on any atom is -0.352 e. The van der Waals surface area contributed by atoms with Crippen LogP contribution >= 0.6 is 11.6 Å². The van der Waals surface area contributed by atoms with Crippen molar-refractivity contribution in [1.82, 2.24) is 45.7 Å². The van der Waals surface area contributed by atoms with Crippen LogP contribution in [0.5, 0.6) is 0 Å². The van der Waals surface area contributed by atoms with Gasteiger partial charge in [-0.15, -0.1) is 20.4 Å². The van der Waals surface area contributed by atoms with Gasteiger partial charge in [0.25, 0.3) is 0 Å². The van der Waals surface area contributed by atoms with Gasteiger partial charge in [-0.05, 0) is 53.1 Å². The molecule has 1 fully saturated rings. The Morgan fingerprint density at radius 2 is 1.44 bits per heavy atom. The van der Waals surface area contributed by atoms with Crippen molar-refractivity contribution in [2.75, 3.05) is 0 Å². The lowest BCUT2D eigenvalue weighted by Crippen LogP contribution is -2.38. The number of hydrogen-bond acceptors (Lipinski definition) is 7. The van der Waals surface area contributed by atoms with Crippen molar-refractivity contribution in [2.45, 2.75) is 51.2 Å². The van der Waals surface area contributed by atoms with Crippen molar-refractivity contribution in [3.05, 3.63) is 59.1 Å². The standard InChI is InChI=1S/C23H24ClN9O/c24-19-12-10-18(11-13-19)23-26-30-32(28-23)14-16-6-8-17(9-7-16)22-27-31-33(29-22)15-21(34)25-20-4-2-1-3-5-20/h6-13,20H,1-5,14-15H2,(H,25,34). The average Bonchev–Trinajstić information content (AvgIpc) is 3.51. The van der Waals surface area contributed by atoms with Gasteiger partial charge in [-0.2, -0.15) is 9.59 Å². The van der Waals surface area contributed by atoms with E-state index in [0.29, 0.717) is 23.2 Å². The molecule has 1 saturated carbocycles. The fourth-order valence-electron chi connectivity index (χ4n) is 4.02. The Morgan fingerprint density at radius 1 is 0.853 bits per heavy atom. The first-order valence-electron chi connectivity index (χ1n) is 11.3. The van der Waals surface area contributed by atoms with E-state index in [9.17, 15) is 4.79 Å². The fourth-order valence-corrected chi connectivity index (χ4v) is 4.15. The van der Waals surface area contributed by atoms with Crippen molar-refractivity contribution in [2.24, 2.45) is 0 Å². The lowest BCUT2D eigenvalue weighted by atomic mass is 9.95. The Hall–Kier alpha value is -3.66. The number of halogens is 1. The summed E-state index contributed by atoms with van der Waals surface area (Å²) in [5, 5.41) is 28.9. The Morgan fingerprint density at radius 3 is 2.12 bits per heavy atom. The number of rotatable bonds is 7. The van der Waals surface area contributed by atoms with Crippen LogP contribution in [0.15, 0.2) is 48.5 Å². The molecule has 0 saturated heterocycles. The van der Waals surface area contributed by atoms with Crippen LogP contribution in [0.25, 0.3) is 22.8 Å². The van der Waals surface area contributed by atoms with E-state index < -0.39 is 0 Å². The summed E-state index contributed by atoms with van der Waals surface area (Å²) in [6.07, 6.45) is 5.67. The summed E-state index contributed by atoms with van der Waals surface area (Å²) >= 11 is 5.93. The van der Waals surface area contributed by atoms with E-state index in [1.54, 1.807) is 16.9 Å². The SMILES string of the molecule is O=C(Cn1nnc(-c2ccc(Cn3nnc(-c4ccc(Cl)cc4)n3)cc2)n1)NC1CCCCC1. The minimum atomic E-state index is -0.0792. The van der Waals surface area contributed by atoms with Gasteiger partial charge in [0.1, 0.15) is 6.54 Å². The first kappa shape index (κ1) is 22.1. The number of hydrogen-bond donors (Lipinski definition) is 1. The maximum absolute atomic E-state index is 12.3. The number of aromatic nitrogens is 8. The number of nitrogens with one attached hydrogen (secondary N) is 1. The Bertz CT molecular complexity index is 1240. The summed E-state index contributed by atoms with van der Waals surface area (Å²) in [6.45, 7) is 0.540. The van der Waals surface area contributed by atoms with E-state index in [0.717, 1.165) is 29.5 Å². The summed E-state index contributed by atoms with van der Waals surface area (Å²) in [7, 11) is 0. The molecule has 2 heterocycles. The molecule has 4 aromatic rings. The molecular formula is C23H24ClN9O. The van der Waals surface area contributed by atoms with Crippen LogP contribution in [0.3, 0.4) is 0 Å². The van der Waals surface area contributed by atoms with Gasteiger partial charge in [0, 0.05) is 22.2 Å². The molecule has 1 aliphatic rings. The van der Waals surface area contributed by atoms with Gasteiger partial charge in [0.05, 0.1) is 6.54 Å². The highest BCUT2D eigenvalue weighted by Crippen LogP contribution is 2.19. The van der Waals surface area contributed by atoms with E-state index in [2.05, 4.69) is 36.1 Å². The number of nitrogens with zero attached hydrogens (tertiary/aromatic N) is 8. The third-order valence-electron chi connectivity index (χ3n) is 5.80. The molecule has 34 heavy (non-hydrogen) atoms. The second kappa shape index (κ2) is 10.1. The zero-order valence-corrected chi connectivity index (χ0v) is 19.3. The molecular weight excluding hydrogens is 454 g/mol. The first-order valence-corrected chi connectivity index (χ1v) is 11.7. The van der Waals surface area contributed by atoms with E-state index in [1.807, 2.05) is 36.4 Å². The zero-order valence-electron chi connectivity index (χ0n) is 18.5. The maximum Gasteiger partial charge on any atom is 0.243 e. The van der Waals surface area contributed by atoms with Gasteiger partial charge in [0.2, 0.25) is 17.6 Å². The van der Waals surface area contributed by atoms with E-state index in [-0.39, 0.29) is 18.5 Å². The molecule has 10 nitrogen and oxygen atoms in total. The molecule has 0 spiro atoms. The molecule has 2 aromatic carbocycles. The van der Waals surface area contributed by atoms with E-state index in [4.69, 9.17) is 11.6 Å². The zero-order chi connectivity index (χ0) is 23.3. The molecule has 0 atom stereocenters. The van der Waals surface area contributed by atoms with E-state index in [1.165, 1.54) is 24.1 Å². The van der Waals surface area contributed by atoms with Gasteiger partial charge in [-0.3, -0.25) is 4.79 Å². The van der Waals surface area contributed by atoms with Crippen LogP contribution in [0.2, 0.25) is 5.02 Å². The molecule has 1 N–H and O–H groups in total. The summed E-state index contributed by atoms with van der Waals surface area (Å²) in [5.74, 6) is 0.937. The molecule has 5 rings (SSSR count). The topological polar surface area (TPSA) is 116 Å². The van der Waals surface area contributed by atoms with Crippen LogP contribution in [-0.2, 0) is 17.9 Å². The lowest BCUT2D eigenvalue weighted by molar-refractivity contribution is -0.123. The lowest BCUT2D eigenvalue weighted by Gasteiger charge is -2.22. The van der Waals surface area contributed by atoms with Crippen molar-refractivity contribution in [3.63, 3.8) is 0 Å². The Balaban J connectivity index is 1.18. The van der Waals surface area contributed by atoms with Crippen LogP contribution < -0.4 is 5.32 Å². The van der Waals surface area contributed by atoms with Crippen molar-refractivity contribution < 1.29 is 4.79 Å². The molecule has 1 amide bonds. The highest BCUT2D eigenvalue weighted by molar-refractivity contribution is 6.30. The second-order valence-electron chi connectivity index (χ2n) is 8.39. The smallest absolute Gasteiger partial charge is 0.243 e. The number of tetrazole rings is 2. The van der Waals surface area contributed by atoms with Gasteiger partial charge >= 0.3 is 0 Å². The van der Waals surface area contributed by atoms with Crippen LogP contribution in [-0.4, -0.2) is 52.4 Å². The van der Waals surface area contributed by atoms with Crippen LogP contribution in [0, 0.1) is 0 Å². The highest BCUT2D eigenvalue weighted by atomic mass is 35.5. The summed E-state index contributed by atoms with van der Waals surface area (Å²) in [6, 6.07) is 15.3. The predicted molar refractivity (Wildman–Crippen MR) is 126 cm³/mol. The quantitative estimate of drug-likeness (QED) is 0.434. The number of benzene rings is 2. The van der Waals surface area contributed by atoms with Gasteiger partial charge in [-0.25, -0.2) is 0 Å². The first-order chi connectivity index (χ1) is 16.6. The molecule has 0 bridgehead atoms. The summed E-state index contributed by atoms with van der Waals surface area (Å²) < 4.78 is 0. The molecule has 11 heteroatoms. The Labute approximate surface area is 201 Å². The van der Waals surface area contributed by atoms with Crippen molar-refractivity contribution >= 4 is 17.5 Å². The molecule has 1 aliphatic carbocycles. The molecule has 0 radical (unpaired) electrons. The molecule has 0 aliphatic heterocycles. The Kier molecular flexibility index (Phi) is 6.57. The van der Waals surface area contributed by atoms with Gasteiger partial charge in [-0.1, -0.05) is 55.1 Å². The molecule has 0 unspecified atom stereocenters. The molecule has 2 aromatic heterocycles. The average molecular weight is 478 g/mol. The summed E-state index contributed by atoms with van der Waals surface area (Å²) in [4.78, 5) is 15.2. The van der Waals surface area contributed by atoms with Crippen LogP contribution in [0.1, 0.15) is 37.7 Å². The normalized spacial score (nSPS) is 14.3. The van der Waals surface area contributed by atoms with Crippen molar-refractivity contribution in [3.8, 4) is 22.8 Å². The second-order valence-corrected chi connectivity index (χ2v) is 8.83. The van der Waals surface area contributed by atoms with Gasteiger partial charge < -0.3 is 5.32 Å². The molecule has 174 valence electrons. The maximum atomic E-state index is 12.3. The van der Waals surface area contributed by atoms with Crippen LogP contribution in [0.4, 0.5) is 0 Å².